The minimum absolute atomic E-state index is 0.174. The average Bonchev–Trinajstić information content (AvgIpc) is 2.78. The molecular weight excluding hydrogens is 230 g/mol. The molecule has 1 aliphatic carbocycles. The molecule has 0 radical (unpaired) electrons. The summed E-state index contributed by atoms with van der Waals surface area (Å²) < 4.78 is 5.41. The second-order valence-electron chi connectivity index (χ2n) is 4.81. The third-order valence-corrected chi connectivity index (χ3v) is 3.50. The van der Waals surface area contributed by atoms with Gasteiger partial charge in [0.15, 0.2) is 0 Å². The molecule has 2 unspecified atom stereocenters. The number of nitrogens with one attached hydrogen (secondary N) is 1. The van der Waals surface area contributed by atoms with Crippen LogP contribution in [0.4, 0.5) is 5.69 Å². The number of benzene rings is 1. The molecule has 4 heteroatoms. The van der Waals surface area contributed by atoms with Gasteiger partial charge in [0, 0.05) is 12.8 Å². The van der Waals surface area contributed by atoms with Crippen LogP contribution in [-0.4, -0.2) is 30.3 Å². The van der Waals surface area contributed by atoms with E-state index >= 15 is 0 Å². The van der Waals surface area contributed by atoms with Crippen molar-refractivity contribution in [1.29, 1.82) is 0 Å². The Morgan fingerprint density at radius 2 is 2.22 bits per heavy atom. The molecule has 2 rings (SSSR count). The first-order valence-electron chi connectivity index (χ1n) is 6.25. The van der Waals surface area contributed by atoms with E-state index in [1.807, 2.05) is 19.1 Å². The molecule has 0 amide bonds. The Hall–Kier alpha value is -1.55. The van der Waals surface area contributed by atoms with E-state index in [2.05, 4.69) is 5.32 Å². The molecule has 0 bridgehead atoms. The molecule has 98 valence electrons. The number of aromatic carboxylic acids is 1. The van der Waals surface area contributed by atoms with Gasteiger partial charge in [-0.25, -0.2) is 4.79 Å². The summed E-state index contributed by atoms with van der Waals surface area (Å²) in [7, 11) is 1.71. The van der Waals surface area contributed by atoms with Crippen LogP contribution in [0.1, 0.15) is 35.2 Å². The summed E-state index contributed by atoms with van der Waals surface area (Å²) in [6, 6.07) is 5.66. The summed E-state index contributed by atoms with van der Waals surface area (Å²) in [5.41, 5.74) is 1.96. The molecule has 1 saturated carbocycles. The summed E-state index contributed by atoms with van der Waals surface area (Å²) in [5.74, 6) is -0.895. The number of hydrogen-bond donors (Lipinski definition) is 2. The van der Waals surface area contributed by atoms with Gasteiger partial charge in [-0.15, -0.1) is 0 Å². The summed E-state index contributed by atoms with van der Waals surface area (Å²) in [4.78, 5) is 11.2. The van der Waals surface area contributed by atoms with E-state index in [4.69, 9.17) is 4.74 Å². The van der Waals surface area contributed by atoms with E-state index in [0.29, 0.717) is 11.3 Å². The Kier molecular flexibility index (Phi) is 3.87. The largest absolute Gasteiger partial charge is 0.478 e. The first-order chi connectivity index (χ1) is 8.61. The lowest BCUT2D eigenvalue weighted by molar-refractivity contribution is 0.0697. The molecule has 1 aromatic rings. The summed E-state index contributed by atoms with van der Waals surface area (Å²) in [5, 5.41) is 12.5. The standard InChI is InChI=1S/C14H19NO3/c1-9-6-7-11(10(8-9)14(16)17)15-12-4-3-5-13(12)18-2/h6-8,12-13,15H,3-5H2,1-2H3,(H,16,17). The molecule has 2 atom stereocenters. The van der Waals surface area contributed by atoms with Crippen LogP contribution in [0.5, 0.6) is 0 Å². The molecule has 1 aromatic carbocycles. The van der Waals surface area contributed by atoms with E-state index in [-0.39, 0.29) is 12.1 Å². The van der Waals surface area contributed by atoms with Gasteiger partial charge in [-0.3, -0.25) is 0 Å². The van der Waals surface area contributed by atoms with Crippen LogP contribution in [0, 0.1) is 6.92 Å². The summed E-state index contributed by atoms with van der Waals surface area (Å²) >= 11 is 0. The molecule has 1 fully saturated rings. The summed E-state index contributed by atoms with van der Waals surface area (Å²) in [6.45, 7) is 1.89. The molecule has 1 aliphatic rings. The Labute approximate surface area is 107 Å². The fourth-order valence-corrected chi connectivity index (χ4v) is 2.53. The number of methoxy groups -OCH3 is 1. The monoisotopic (exact) mass is 249 g/mol. The van der Waals surface area contributed by atoms with Crippen LogP contribution in [0.25, 0.3) is 0 Å². The van der Waals surface area contributed by atoms with Crippen LogP contribution < -0.4 is 5.32 Å². The van der Waals surface area contributed by atoms with Gasteiger partial charge in [-0.1, -0.05) is 11.6 Å². The second kappa shape index (κ2) is 5.40. The molecule has 0 aliphatic heterocycles. The fourth-order valence-electron chi connectivity index (χ4n) is 2.53. The predicted molar refractivity (Wildman–Crippen MR) is 70.2 cm³/mol. The maximum absolute atomic E-state index is 11.2. The van der Waals surface area contributed by atoms with Crippen molar-refractivity contribution < 1.29 is 14.6 Å². The number of anilines is 1. The van der Waals surface area contributed by atoms with E-state index < -0.39 is 5.97 Å². The van der Waals surface area contributed by atoms with Gasteiger partial charge in [-0.2, -0.15) is 0 Å². The smallest absolute Gasteiger partial charge is 0.337 e. The van der Waals surface area contributed by atoms with Gasteiger partial charge < -0.3 is 15.2 Å². The molecule has 2 N–H and O–H groups in total. The molecule has 0 heterocycles. The minimum atomic E-state index is -0.895. The number of rotatable bonds is 4. The number of aryl methyl sites for hydroxylation is 1. The highest BCUT2D eigenvalue weighted by molar-refractivity contribution is 5.94. The van der Waals surface area contributed by atoms with Crippen LogP contribution in [0.15, 0.2) is 18.2 Å². The number of hydrogen-bond acceptors (Lipinski definition) is 3. The average molecular weight is 249 g/mol. The zero-order valence-electron chi connectivity index (χ0n) is 10.8. The van der Waals surface area contributed by atoms with E-state index in [1.165, 1.54) is 0 Å². The first kappa shape index (κ1) is 12.9. The molecular formula is C14H19NO3. The van der Waals surface area contributed by atoms with Crippen molar-refractivity contribution >= 4 is 11.7 Å². The third-order valence-electron chi connectivity index (χ3n) is 3.50. The van der Waals surface area contributed by atoms with E-state index in [0.717, 1.165) is 24.8 Å². The Morgan fingerprint density at radius 3 is 2.89 bits per heavy atom. The zero-order chi connectivity index (χ0) is 13.1. The van der Waals surface area contributed by atoms with Gasteiger partial charge in [0.2, 0.25) is 0 Å². The number of ether oxygens (including phenoxy) is 1. The number of carbonyl (C=O) groups is 1. The molecule has 18 heavy (non-hydrogen) atoms. The SMILES string of the molecule is COC1CCCC1Nc1ccc(C)cc1C(=O)O. The maximum Gasteiger partial charge on any atom is 0.337 e. The molecule has 0 spiro atoms. The highest BCUT2D eigenvalue weighted by Crippen LogP contribution is 2.27. The maximum atomic E-state index is 11.2. The van der Waals surface area contributed by atoms with Gasteiger partial charge in [0.05, 0.1) is 17.7 Å². The van der Waals surface area contributed by atoms with Crippen molar-refractivity contribution in [1.82, 2.24) is 0 Å². The van der Waals surface area contributed by atoms with Gasteiger partial charge >= 0.3 is 5.97 Å². The Balaban J connectivity index is 2.20. The topological polar surface area (TPSA) is 58.6 Å². The molecule has 4 nitrogen and oxygen atoms in total. The lowest BCUT2D eigenvalue weighted by Gasteiger charge is -2.22. The Bertz CT molecular complexity index is 445. The van der Waals surface area contributed by atoms with Gasteiger partial charge in [0.25, 0.3) is 0 Å². The van der Waals surface area contributed by atoms with Crippen molar-refractivity contribution in [3.05, 3.63) is 29.3 Å². The molecule has 0 saturated heterocycles. The van der Waals surface area contributed by atoms with Crippen molar-refractivity contribution in [3.8, 4) is 0 Å². The number of carboxylic acid groups (broad SMARTS) is 1. The lowest BCUT2D eigenvalue weighted by atomic mass is 10.1. The van der Waals surface area contributed by atoms with Crippen LogP contribution >= 0.6 is 0 Å². The molecule has 0 aromatic heterocycles. The lowest BCUT2D eigenvalue weighted by Crippen LogP contribution is -2.30. The van der Waals surface area contributed by atoms with Gasteiger partial charge in [0.1, 0.15) is 0 Å². The fraction of sp³-hybridized carbons (Fsp3) is 0.500. The highest BCUT2D eigenvalue weighted by Gasteiger charge is 2.27. The predicted octanol–water partition coefficient (Wildman–Crippen LogP) is 2.67. The van der Waals surface area contributed by atoms with Crippen LogP contribution in [-0.2, 0) is 4.74 Å². The number of carboxylic acids is 1. The first-order valence-corrected chi connectivity index (χ1v) is 6.25. The van der Waals surface area contributed by atoms with Crippen LogP contribution in [0.3, 0.4) is 0 Å². The normalized spacial score (nSPS) is 23.0. The second-order valence-corrected chi connectivity index (χ2v) is 4.81. The van der Waals surface area contributed by atoms with Gasteiger partial charge in [-0.05, 0) is 38.3 Å². The third kappa shape index (κ3) is 2.64. The van der Waals surface area contributed by atoms with E-state index in [1.54, 1.807) is 13.2 Å². The summed E-state index contributed by atoms with van der Waals surface area (Å²) in [6.07, 6.45) is 3.34. The zero-order valence-corrected chi connectivity index (χ0v) is 10.8. The quantitative estimate of drug-likeness (QED) is 0.861. The Morgan fingerprint density at radius 1 is 1.44 bits per heavy atom. The minimum Gasteiger partial charge on any atom is -0.478 e. The van der Waals surface area contributed by atoms with Crippen molar-refractivity contribution in [2.45, 2.75) is 38.3 Å². The van der Waals surface area contributed by atoms with E-state index in [9.17, 15) is 9.90 Å². The highest BCUT2D eigenvalue weighted by atomic mass is 16.5. The van der Waals surface area contributed by atoms with Crippen molar-refractivity contribution in [2.24, 2.45) is 0 Å². The van der Waals surface area contributed by atoms with Crippen molar-refractivity contribution in [3.63, 3.8) is 0 Å². The van der Waals surface area contributed by atoms with Crippen molar-refractivity contribution in [2.75, 3.05) is 12.4 Å². The van der Waals surface area contributed by atoms with Crippen LogP contribution in [0.2, 0.25) is 0 Å².